The number of carbonyl (C=O) groups excluding carboxylic acids is 1. The topological polar surface area (TPSA) is 73.6 Å². The monoisotopic (exact) mass is 272 g/mol. The van der Waals surface area contributed by atoms with E-state index in [2.05, 4.69) is 5.32 Å². The Labute approximate surface area is 116 Å². The molecule has 0 unspecified atom stereocenters. The lowest BCUT2D eigenvalue weighted by Crippen LogP contribution is -2.35. The number of amides is 1. The van der Waals surface area contributed by atoms with Crippen LogP contribution in [0.3, 0.4) is 0 Å². The molecule has 3 N–H and O–H groups in total. The highest BCUT2D eigenvalue weighted by Gasteiger charge is 2.18. The molecule has 0 aromatic rings. The minimum Gasteiger partial charge on any atom is -0.376 e. The van der Waals surface area contributed by atoms with Crippen molar-refractivity contribution in [3.63, 3.8) is 0 Å². The van der Waals surface area contributed by atoms with Gasteiger partial charge in [-0.25, -0.2) is 0 Å². The van der Waals surface area contributed by atoms with E-state index >= 15 is 0 Å². The molecule has 0 aliphatic heterocycles. The van der Waals surface area contributed by atoms with Crippen LogP contribution < -0.4 is 11.1 Å². The Bertz CT molecular complexity index is 268. The largest absolute Gasteiger partial charge is 0.376 e. The molecule has 1 aliphatic carbocycles. The summed E-state index contributed by atoms with van der Waals surface area (Å²) in [4.78, 5) is 11.5. The number of hydrogen-bond donors (Lipinski definition) is 2. The summed E-state index contributed by atoms with van der Waals surface area (Å²) in [5, 5.41) is 2.79. The highest BCUT2D eigenvalue weighted by Crippen LogP contribution is 2.19. The van der Waals surface area contributed by atoms with Gasteiger partial charge in [-0.3, -0.25) is 4.79 Å². The highest BCUT2D eigenvalue weighted by molar-refractivity contribution is 5.77. The average Bonchev–Trinajstić information content (AvgIpc) is 2.33. The molecule has 1 saturated carbocycles. The molecule has 0 saturated heterocycles. The molecule has 1 rings (SSSR count). The molecule has 1 amide bonds. The molecule has 0 bridgehead atoms. The molecule has 5 nitrogen and oxygen atoms in total. The molecule has 0 aromatic carbocycles. The van der Waals surface area contributed by atoms with Gasteiger partial charge in [0.25, 0.3) is 0 Å². The summed E-state index contributed by atoms with van der Waals surface area (Å²) in [6.45, 7) is 6.98. The maximum atomic E-state index is 11.5. The SMILES string of the molecule is CC(C)(C)OCC(=O)NCCOC1CCC(N)CC1. The second kappa shape index (κ2) is 7.82. The van der Waals surface area contributed by atoms with Crippen molar-refractivity contribution in [2.24, 2.45) is 5.73 Å². The summed E-state index contributed by atoms with van der Waals surface area (Å²) < 4.78 is 11.1. The van der Waals surface area contributed by atoms with Gasteiger partial charge in [-0.1, -0.05) is 0 Å². The van der Waals surface area contributed by atoms with Gasteiger partial charge in [0, 0.05) is 12.6 Å². The van der Waals surface area contributed by atoms with Crippen LogP contribution in [0.4, 0.5) is 0 Å². The molecule has 1 aliphatic rings. The summed E-state index contributed by atoms with van der Waals surface area (Å²) >= 11 is 0. The first-order valence-electron chi connectivity index (χ1n) is 7.14. The smallest absolute Gasteiger partial charge is 0.246 e. The van der Waals surface area contributed by atoms with E-state index in [0.29, 0.717) is 25.3 Å². The van der Waals surface area contributed by atoms with Crippen LogP contribution in [0.2, 0.25) is 0 Å². The third kappa shape index (κ3) is 8.18. The lowest BCUT2D eigenvalue weighted by atomic mass is 9.94. The van der Waals surface area contributed by atoms with Crippen molar-refractivity contribution in [3.8, 4) is 0 Å². The average molecular weight is 272 g/mol. The van der Waals surface area contributed by atoms with Crippen molar-refractivity contribution in [3.05, 3.63) is 0 Å². The first-order chi connectivity index (χ1) is 8.87. The molecule has 5 heteroatoms. The van der Waals surface area contributed by atoms with Gasteiger partial charge in [0.2, 0.25) is 5.91 Å². The number of ether oxygens (including phenoxy) is 2. The molecule has 112 valence electrons. The normalized spacial score (nSPS) is 24.2. The van der Waals surface area contributed by atoms with Crippen LogP contribution in [0.1, 0.15) is 46.5 Å². The third-order valence-electron chi connectivity index (χ3n) is 3.13. The van der Waals surface area contributed by atoms with Gasteiger partial charge in [-0.05, 0) is 46.5 Å². The first-order valence-corrected chi connectivity index (χ1v) is 7.14. The van der Waals surface area contributed by atoms with Gasteiger partial charge >= 0.3 is 0 Å². The van der Waals surface area contributed by atoms with Crippen LogP contribution in [0.5, 0.6) is 0 Å². The van der Waals surface area contributed by atoms with E-state index < -0.39 is 0 Å². The maximum Gasteiger partial charge on any atom is 0.246 e. The van der Waals surface area contributed by atoms with E-state index in [1.807, 2.05) is 20.8 Å². The lowest BCUT2D eigenvalue weighted by molar-refractivity contribution is -0.130. The Morgan fingerprint density at radius 3 is 2.47 bits per heavy atom. The predicted molar refractivity (Wildman–Crippen MR) is 74.9 cm³/mol. The Hall–Kier alpha value is -0.650. The van der Waals surface area contributed by atoms with Crippen molar-refractivity contribution < 1.29 is 14.3 Å². The molecule has 19 heavy (non-hydrogen) atoms. The zero-order chi connectivity index (χ0) is 14.3. The summed E-state index contributed by atoms with van der Waals surface area (Å²) in [6.07, 6.45) is 4.44. The van der Waals surface area contributed by atoms with Crippen LogP contribution in [0, 0.1) is 0 Å². The van der Waals surface area contributed by atoms with Crippen molar-refractivity contribution in [2.75, 3.05) is 19.8 Å². The standard InChI is InChI=1S/C14H28N2O3/c1-14(2,3)19-10-13(17)16-8-9-18-12-6-4-11(15)5-7-12/h11-12H,4-10,15H2,1-3H3,(H,16,17). The molecular formula is C14H28N2O3. The van der Waals surface area contributed by atoms with Crippen molar-refractivity contribution in [2.45, 2.75) is 64.2 Å². The summed E-state index contributed by atoms with van der Waals surface area (Å²) in [5.41, 5.74) is 5.55. The Morgan fingerprint density at radius 2 is 1.89 bits per heavy atom. The van der Waals surface area contributed by atoms with Gasteiger partial charge < -0.3 is 20.5 Å². The number of rotatable bonds is 6. The number of nitrogens with two attached hydrogens (primary N) is 1. The van der Waals surface area contributed by atoms with E-state index in [9.17, 15) is 4.79 Å². The van der Waals surface area contributed by atoms with Crippen LogP contribution in [-0.2, 0) is 14.3 Å². The Morgan fingerprint density at radius 1 is 1.26 bits per heavy atom. The molecular weight excluding hydrogens is 244 g/mol. The number of hydrogen-bond acceptors (Lipinski definition) is 4. The molecule has 0 aromatic heterocycles. The van der Waals surface area contributed by atoms with E-state index in [4.69, 9.17) is 15.2 Å². The summed E-state index contributed by atoms with van der Waals surface area (Å²) in [6, 6.07) is 0.342. The second-order valence-corrected chi connectivity index (χ2v) is 6.16. The minimum atomic E-state index is -0.283. The number of carbonyl (C=O) groups is 1. The molecule has 0 heterocycles. The summed E-state index contributed by atoms with van der Waals surface area (Å²) in [7, 11) is 0. The first kappa shape index (κ1) is 16.4. The zero-order valence-corrected chi connectivity index (χ0v) is 12.4. The quantitative estimate of drug-likeness (QED) is 0.713. The molecule has 1 fully saturated rings. The predicted octanol–water partition coefficient (Wildman–Crippen LogP) is 1.20. The van der Waals surface area contributed by atoms with Crippen molar-refractivity contribution in [1.82, 2.24) is 5.32 Å². The molecule has 0 atom stereocenters. The van der Waals surface area contributed by atoms with E-state index in [1.165, 1.54) is 0 Å². The van der Waals surface area contributed by atoms with Gasteiger partial charge in [0.1, 0.15) is 6.61 Å². The fraction of sp³-hybridized carbons (Fsp3) is 0.929. The van der Waals surface area contributed by atoms with E-state index in [0.717, 1.165) is 25.7 Å². The fourth-order valence-corrected chi connectivity index (χ4v) is 2.00. The van der Waals surface area contributed by atoms with Crippen molar-refractivity contribution in [1.29, 1.82) is 0 Å². The van der Waals surface area contributed by atoms with Gasteiger partial charge in [-0.2, -0.15) is 0 Å². The second-order valence-electron chi connectivity index (χ2n) is 6.16. The summed E-state index contributed by atoms with van der Waals surface area (Å²) in [5.74, 6) is -0.0933. The van der Waals surface area contributed by atoms with E-state index in [1.54, 1.807) is 0 Å². The Balaban J connectivity index is 2.00. The van der Waals surface area contributed by atoms with Crippen LogP contribution >= 0.6 is 0 Å². The zero-order valence-electron chi connectivity index (χ0n) is 12.4. The van der Waals surface area contributed by atoms with E-state index in [-0.39, 0.29) is 18.1 Å². The van der Waals surface area contributed by atoms with Gasteiger partial charge in [0.05, 0.1) is 18.3 Å². The molecule has 0 spiro atoms. The van der Waals surface area contributed by atoms with Crippen LogP contribution in [0.25, 0.3) is 0 Å². The Kier molecular flexibility index (Phi) is 6.75. The molecule has 0 radical (unpaired) electrons. The minimum absolute atomic E-state index is 0.0933. The van der Waals surface area contributed by atoms with Crippen molar-refractivity contribution >= 4 is 5.91 Å². The third-order valence-corrected chi connectivity index (χ3v) is 3.13. The fourth-order valence-electron chi connectivity index (χ4n) is 2.00. The maximum absolute atomic E-state index is 11.5. The van der Waals surface area contributed by atoms with Crippen LogP contribution in [0.15, 0.2) is 0 Å². The highest BCUT2D eigenvalue weighted by atomic mass is 16.5. The lowest BCUT2D eigenvalue weighted by Gasteiger charge is -2.26. The van der Waals surface area contributed by atoms with Gasteiger partial charge in [-0.15, -0.1) is 0 Å². The van der Waals surface area contributed by atoms with Gasteiger partial charge in [0.15, 0.2) is 0 Å². The van der Waals surface area contributed by atoms with Crippen LogP contribution in [-0.4, -0.2) is 43.4 Å². The number of nitrogens with one attached hydrogen (secondary N) is 1.